The van der Waals surface area contributed by atoms with Crippen molar-refractivity contribution in [1.29, 1.82) is 0 Å². The zero-order chi connectivity index (χ0) is 18.0. The molecule has 6 nitrogen and oxygen atoms in total. The monoisotopic (exact) mass is 352 g/mol. The number of benzene rings is 2. The zero-order valence-electron chi connectivity index (χ0n) is 13.5. The molecule has 2 rings (SSSR count). The quantitative estimate of drug-likeness (QED) is 0.686. The van der Waals surface area contributed by atoms with E-state index in [1.165, 1.54) is 11.1 Å². The van der Waals surface area contributed by atoms with E-state index in [2.05, 4.69) is 25.1 Å². The Hall–Kier alpha value is -1.69. The summed E-state index contributed by atoms with van der Waals surface area (Å²) in [6.45, 7) is 2.76. The van der Waals surface area contributed by atoms with Gasteiger partial charge in [-0.25, -0.2) is 0 Å². The normalized spacial score (nSPS) is 12.0. The minimum Gasteiger partial charge on any atom is -0.756 e. The van der Waals surface area contributed by atoms with Gasteiger partial charge in [0.25, 0.3) is 7.82 Å². The van der Waals surface area contributed by atoms with Crippen LogP contribution in [-0.2, 0) is 11.0 Å². The summed E-state index contributed by atoms with van der Waals surface area (Å²) in [5, 5.41) is 0. The molecular weight excluding hydrogens is 329 g/mol. The molecule has 0 amide bonds. The van der Waals surface area contributed by atoms with Gasteiger partial charge in [-0.2, -0.15) is 0 Å². The molecule has 0 aliphatic carbocycles. The first-order valence-electron chi connectivity index (χ1n) is 7.61. The molecule has 2 aromatic rings. The summed E-state index contributed by atoms with van der Waals surface area (Å²) in [7, 11) is -4.89. The van der Waals surface area contributed by atoms with Gasteiger partial charge in [-0.15, -0.1) is 0 Å². The molecule has 0 aliphatic rings. The number of ether oxygens (including phenoxy) is 1. The highest BCUT2D eigenvalue weighted by molar-refractivity contribution is 7.43. The Morgan fingerprint density at radius 2 is 1.67 bits per heavy atom. The Morgan fingerprint density at radius 3 is 2.21 bits per heavy atom. The minimum atomic E-state index is -4.89. The van der Waals surface area contributed by atoms with E-state index in [9.17, 15) is 0 Å². The maximum absolute atomic E-state index is 8.77. The number of aryl methyl sites for hydroxylation is 1. The van der Waals surface area contributed by atoms with Crippen LogP contribution in [0.25, 0.3) is 0 Å². The lowest BCUT2D eigenvalue weighted by molar-refractivity contribution is -0.214. The van der Waals surface area contributed by atoms with Crippen LogP contribution in [0, 0.1) is 0 Å². The maximum atomic E-state index is 8.77. The van der Waals surface area contributed by atoms with Gasteiger partial charge in [0.2, 0.25) is 0 Å². The Balaban J connectivity index is 0.000000505. The van der Waals surface area contributed by atoms with Gasteiger partial charge in [0, 0.05) is 6.42 Å². The molecule has 0 radical (unpaired) electrons. The van der Waals surface area contributed by atoms with Gasteiger partial charge in [-0.3, -0.25) is 4.57 Å². The number of hydrogen-bond acceptors (Lipinski definition) is 4. The third-order valence-corrected chi connectivity index (χ3v) is 3.22. The first-order valence-corrected chi connectivity index (χ1v) is 9.14. The van der Waals surface area contributed by atoms with Crippen molar-refractivity contribution >= 4 is 7.82 Å². The Labute approximate surface area is 142 Å². The molecule has 7 heteroatoms. The number of phosphoric acid groups is 1. The molecule has 4 N–H and O–H groups in total. The van der Waals surface area contributed by atoms with Crippen LogP contribution in [0.3, 0.4) is 0 Å². The van der Waals surface area contributed by atoms with Gasteiger partial charge in [0.05, 0.1) is 0 Å². The third-order valence-electron chi connectivity index (χ3n) is 3.22. The highest BCUT2D eigenvalue weighted by Gasteiger charge is 2.13. The summed E-state index contributed by atoms with van der Waals surface area (Å²) in [6.07, 6.45) is 1.82. The van der Waals surface area contributed by atoms with Crippen molar-refractivity contribution in [1.82, 2.24) is 0 Å². The Kier molecular flexibility index (Phi) is 8.68. The molecule has 0 spiro atoms. The summed E-state index contributed by atoms with van der Waals surface area (Å²) in [5.74, 6) is 0.965. The second-order valence-corrected chi connectivity index (χ2v) is 6.03. The Morgan fingerprint density at radius 1 is 1.12 bits per heavy atom. The fourth-order valence-electron chi connectivity index (χ4n) is 2.18. The van der Waals surface area contributed by atoms with Crippen molar-refractivity contribution in [2.45, 2.75) is 25.9 Å². The van der Waals surface area contributed by atoms with Crippen molar-refractivity contribution in [3.05, 3.63) is 65.7 Å². The van der Waals surface area contributed by atoms with E-state index in [-0.39, 0.29) is 6.10 Å². The third kappa shape index (κ3) is 8.24. The van der Waals surface area contributed by atoms with E-state index in [1.54, 1.807) is 0 Å². The lowest BCUT2D eigenvalue weighted by Crippen LogP contribution is -2.13. The summed E-state index contributed by atoms with van der Waals surface area (Å²) in [6, 6.07) is 18.5. The molecule has 0 saturated heterocycles. The van der Waals surface area contributed by atoms with Gasteiger partial charge in [0.1, 0.15) is 11.9 Å². The van der Waals surface area contributed by atoms with E-state index in [0.717, 1.165) is 18.6 Å². The molecular formula is C17H23NO5P-. The molecule has 0 saturated carbocycles. The number of rotatable bonds is 6. The second-order valence-electron chi connectivity index (χ2n) is 5.05. The summed E-state index contributed by atoms with van der Waals surface area (Å²) < 4.78 is 15.0. The largest absolute Gasteiger partial charge is 0.756 e. The van der Waals surface area contributed by atoms with Crippen LogP contribution >= 0.6 is 7.82 Å². The van der Waals surface area contributed by atoms with Crippen LogP contribution in [0.2, 0.25) is 0 Å². The minimum absolute atomic E-state index is 0.0268. The molecule has 0 bridgehead atoms. The van der Waals surface area contributed by atoms with Crippen molar-refractivity contribution in [3.63, 3.8) is 0 Å². The number of hydrogen-bond donors (Lipinski definition) is 3. The summed E-state index contributed by atoms with van der Waals surface area (Å²) >= 11 is 0. The zero-order valence-corrected chi connectivity index (χ0v) is 14.4. The van der Waals surface area contributed by atoms with Gasteiger partial charge < -0.3 is 25.2 Å². The Bertz CT molecular complexity index is 636. The lowest BCUT2D eigenvalue weighted by atomic mass is 10.1. The van der Waals surface area contributed by atoms with Crippen molar-refractivity contribution in [2.75, 3.05) is 6.54 Å². The molecule has 2 aromatic carbocycles. The SMILES string of the molecule is CCc1ccccc1OC(CCN)c1ccccc1.O=P([O-])(O)O. The average molecular weight is 352 g/mol. The fourth-order valence-corrected chi connectivity index (χ4v) is 2.18. The van der Waals surface area contributed by atoms with Crippen LogP contribution in [0.15, 0.2) is 54.6 Å². The van der Waals surface area contributed by atoms with E-state index in [1.807, 2.05) is 36.4 Å². The molecule has 0 heterocycles. The van der Waals surface area contributed by atoms with E-state index < -0.39 is 7.82 Å². The van der Waals surface area contributed by atoms with Gasteiger partial charge >= 0.3 is 0 Å². The second kappa shape index (κ2) is 10.2. The predicted octanol–water partition coefficient (Wildman–Crippen LogP) is 2.16. The van der Waals surface area contributed by atoms with E-state index in [4.69, 9.17) is 29.7 Å². The van der Waals surface area contributed by atoms with Crippen LogP contribution in [-0.4, -0.2) is 16.3 Å². The number of para-hydroxylation sites is 1. The fraction of sp³-hybridized carbons (Fsp3) is 0.294. The van der Waals surface area contributed by atoms with Crippen molar-refractivity contribution < 1.29 is 24.0 Å². The maximum Gasteiger partial charge on any atom is 0.262 e. The van der Waals surface area contributed by atoms with Gasteiger partial charge in [0.15, 0.2) is 0 Å². The topological polar surface area (TPSA) is 116 Å². The standard InChI is InChI=1S/C17H21NO.H3O4P/c1-2-14-8-6-7-11-16(14)19-17(12-13-18)15-9-4-3-5-10-15;1-5(2,3)4/h3-11,17H,2,12-13,18H2,1H3;(H3,1,2,3,4)/p-1. The molecule has 0 aliphatic heterocycles. The molecule has 132 valence electrons. The molecule has 24 heavy (non-hydrogen) atoms. The van der Waals surface area contributed by atoms with E-state index in [0.29, 0.717) is 6.54 Å². The predicted molar refractivity (Wildman–Crippen MR) is 91.3 cm³/mol. The smallest absolute Gasteiger partial charge is 0.262 e. The van der Waals surface area contributed by atoms with Crippen LogP contribution in [0.1, 0.15) is 30.6 Å². The highest BCUT2D eigenvalue weighted by atomic mass is 31.2. The molecule has 0 fully saturated rings. The number of nitrogens with two attached hydrogens (primary N) is 1. The highest BCUT2D eigenvalue weighted by Crippen LogP contribution is 2.27. The molecule has 1 unspecified atom stereocenters. The molecule has 0 aromatic heterocycles. The first kappa shape index (κ1) is 20.4. The average Bonchev–Trinajstić information content (AvgIpc) is 2.54. The van der Waals surface area contributed by atoms with Crippen molar-refractivity contribution in [3.8, 4) is 5.75 Å². The van der Waals surface area contributed by atoms with E-state index >= 15 is 0 Å². The van der Waals surface area contributed by atoms with Crippen LogP contribution in [0.5, 0.6) is 5.75 Å². The first-order chi connectivity index (χ1) is 11.3. The summed E-state index contributed by atoms with van der Waals surface area (Å²) in [4.78, 5) is 22.9. The summed E-state index contributed by atoms with van der Waals surface area (Å²) in [5.41, 5.74) is 8.13. The van der Waals surface area contributed by atoms with Gasteiger partial charge in [-0.05, 0) is 30.2 Å². The van der Waals surface area contributed by atoms with Crippen LogP contribution < -0.4 is 15.4 Å². The lowest BCUT2D eigenvalue weighted by Gasteiger charge is -2.20. The van der Waals surface area contributed by atoms with Crippen LogP contribution in [0.4, 0.5) is 0 Å². The van der Waals surface area contributed by atoms with Crippen molar-refractivity contribution in [2.24, 2.45) is 5.73 Å². The van der Waals surface area contributed by atoms with Gasteiger partial charge in [-0.1, -0.05) is 55.5 Å². The molecule has 1 atom stereocenters.